The molecule has 2 aliphatic rings. The van der Waals surface area contributed by atoms with Crippen LogP contribution in [0.2, 0.25) is 0 Å². The molecule has 2 aliphatic heterocycles. The summed E-state index contributed by atoms with van der Waals surface area (Å²) < 4.78 is 17.3. The van der Waals surface area contributed by atoms with Crippen molar-refractivity contribution in [1.82, 2.24) is 4.90 Å². The van der Waals surface area contributed by atoms with Crippen molar-refractivity contribution >= 4 is 33.4 Å². The van der Waals surface area contributed by atoms with E-state index in [1.807, 2.05) is 0 Å². The Bertz CT molecular complexity index is 887. The van der Waals surface area contributed by atoms with E-state index in [4.69, 9.17) is 14.2 Å². The number of thiophene rings is 1. The topological polar surface area (TPSA) is 85.3 Å². The van der Waals surface area contributed by atoms with Crippen LogP contribution in [0.5, 0.6) is 0 Å². The van der Waals surface area contributed by atoms with Crippen molar-refractivity contribution in [2.45, 2.75) is 24.9 Å². The van der Waals surface area contributed by atoms with Crippen molar-refractivity contribution < 1.29 is 28.9 Å². The SMILES string of the molecule is O=C1C=CC(=O)OC2(O1)C(O)CN2CCCOCCc1ccc2sccc2c1. The van der Waals surface area contributed by atoms with E-state index in [1.54, 1.807) is 16.2 Å². The van der Waals surface area contributed by atoms with Crippen LogP contribution < -0.4 is 0 Å². The largest absolute Gasteiger partial charge is 0.403 e. The van der Waals surface area contributed by atoms with Gasteiger partial charge in [0.25, 0.3) is 0 Å². The number of aliphatic hydroxyl groups excluding tert-OH is 1. The predicted molar refractivity (Wildman–Crippen MR) is 103 cm³/mol. The van der Waals surface area contributed by atoms with Gasteiger partial charge in [0, 0.05) is 36.5 Å². The minimum Gasteiger partial charge on any atom is -0.403 e. The van der Waals surface area contributed by atoms with E-state index in [2.05, 4.69) is 29.6 Å². The molecule has 3 heterocycles. The Hall–Kier alpha value is -2.26. The predicted octanol–water partition coefficient (Wildman–Crippen LogP) is 1.84. The number of likely N-dealkylation sites (tertiary alicyclic amines) is 1. The molecule has 1 aromatic carbocycles. The second-order valence-corrected chi connectivity index (χ2v) is 7.72. The average molecular weight is 403 g/mol. The molecule has 1 N–H and O–H groups in total. The van der Waals surface area contributed by atoms with E-state index in [1.165, 1.54) is 15.6 Å². The van der Waals surface area contributed by atoms with Crippen molar-refractivity contribution in [2.75, 3.05) is 26.3 Å². The minimum atomic E-state index is -1.71. The Balaban J connectivity index is 1.21. The Morgan fingerprint density at radius 1 is 1.18 bits per heavy atom. The maximum atomic E-state index is 11.6. The number of β-amino-alcohol motifs (C(OH)–C–C–N with tert-alkyl or cyclic N) is 1. The number of ether oxygens (including phenoxy) is 3. The molecule has 0 aliphatic carbocycles. The lowest BCUT2D eigenvalue weighted by atomic mass is 10.1. The van der Waals surface area contributed by atoms with E-state index in [0.717, 1.165) is 18.6 Å². The molecule has 148 valence electrons. The summed E-state index contributed by atoms with van der Waals surface area (Å²) in [5, 5.41) is 13.4. The number of nitrogens with zero attached hydrogens (tertiary/aromatic N) is 1. The molecule has 1 aromatic heterocycles. The molecule has 7 nitrogen and oxygen atoms in total. The van der Waals surface area contributed by atoms with Gasteiger partial charge in [-0.2, -0.15) is 0 Å². The fraction of sp³-hybridized carbons (Fsp3) is 0.400. The van der Waals surface area contributed by atoms with Crippen LogP contribution in [0.1, 0.15) is 12.0 Å². The summed E-state index contributed by atoms with van der Waals surface area (Å²) >= 11 is 1.73. The third kappa shape index (κ3) is 3.81. The minimum absolute atomic E-state index is 0.265. The fourth-order valence-electron chi connectivity index (χ4n) is 3.40. The van der Waals surface area contributed by atoms with Gasteiger partial charge in [0.2, 0.25) is 0 Å². The van der Waals surface area contributed by atoms with Crippen LogP contribution in [0, 0.1) is 0 Å². The normalized spacial score (nSPS) is 21.4. The highest BCUT2D eigenvalue weighted by Crippen LogP contribution is 2.35. The number of fused-ring (bicyclic) bond motifs is 1. The summed E-state index contributed by atoms with van der Waals surface area (Å²) in [6.07, 6.45) is 2.42. The van der Waals surface area contributed by atoms with Gasteiger partial charge in [0.05, 0.1) is 6.61 Å². The van der Waals surface area contributed by atoms with E-state index in [0.29, 0.717) is 26.2 Å². The van der Waals surface area contributed by atoms with E-state index < -0.39 is 24.0 Å². The van der Waals surface area contributed by atoms with Gasteiger partial charge in [-0.25, -0.2) is 14.5 Å². The van der Waals surface area contributed by atoms with Gasteiger partial charge >= 0.3 is 17.8 Å². The Morgan fingerprint density at radius 2 is 1.96 bits per heavy atom. The Labute approximate surface area is 166 Å². The summed E-state index contributed by atoms with van der Waals surface area (Å²) in [6.45, 7) is 1.86. The number of rotatable bonds is 7. The van der Waals surface area contributed by atoms with Crippen LogP contribution in [-0.4, -0.2) is 60.3 Å². The van der Waals surface area contributed by atoms with Crippen LogP contribution in [0.15, 0.2) is 41.8 Å². The first-order valence-electron chi connectivity index (χ1n) is 9.18. The summed E-state index contributed by atoms with van der Waals surface area (Å²) in [5.74, 6) is -3.14. The van der Waals surface area contributed by atoms with Crippen molar-refractivity contribution in [3.05, 3.63) is 47.4 Å². The maximum absolute atomic E-state index is 11.6. The zero-order valence-electron chi connectivity index (χ0n) is 15.2. The standard InChI is InChI=1S/C20H21NO6S/c22-17-13-21(20(17)26-18(23)4-5-19(24)27-20)8-1-9-25-10-6-14-2-3-16-15(12-14)7-11-28-16/h2-5,7,11-12,17,22H,1,6,8-10,13H2. The van der Waals surface area contributed by atoms with Crippen molar-refractivity contribution in [1.29, 1.82) is 0 Å². The van der Waals surface area contributed by atoms with Gasteiger partial charge in [-0.05, 0) is 41.3 Å². The maximum Gasteiger partial charge on any atom is 0.349 e. The first-order valence-corrected chi connectivity index (χ1v) is 10.1. The molecular weight excluding hydrogens is 382 g/mol. The molecule has 1 atom stereocenters. The highest BCUT2D eigenvalue weighted by molar-refractivity contribution is 7.17. The fourth-order valence-corrected chi connectivity index (χ4v) is 4.17. The van der Waals surface area contributed by atoms with Gasteiger partial charge in [-0.3, -0.25) is 0 Å². The number of carbonyl (C=O) groups is 2. The second kappa shape index (κ2) is 8.00. The Kier molecular flexibility index (Phi) is 5.45. The summed E-state index contributed by atoms with van der Waals surface area (Å²) in [6, 6.07) is 8.55. The number of carbonyl (C=O) groups excluding carboxylic acids is 2. The first-order chi connectivity index (χ1) is 13.6. The van der Waals surface area contributed by atoms with Crippen LogP contribution in [-0.2, 0) is 30.2 Å². The molecular formula is C20H21NO6S. The quantitative estimate of drug-likeness (QED) is 0.558. The molecule has 28 heavy (non-hydrogen) atoms. The Morgan fingerprint density at radius 3 is 2.71 bits per heavy atom. The van der Waals surface area contributed by atoms with Gasteiger partial charge in [0.1, 0.15) is 0 Å². The lowest BCUT2D eigenvalue weighted by Crippen LogP contribution is -2.74. The lowest BCUT2D eigenvalue weighted by molar-refractivity contribution is -0.372. The van der Waals surface area contributed by atoms with Crippen LogP contribution >= 0.6 is 11.3 Å². The summed E-state index contributed by atoms with van der Waals surface area (Å²) in [4.78, 5) is 24.9. The number of esters is 2. The van der Waals surface area contributed by atoms with Gasteiger partial charge < -0.3 is 19.3 Å². The highest BCUT2D eigenvalue weighted by Gasteiger charge is 2.60. The second-order valence-electron chi connectivity index (χ2n) is 6.78. The van der Waals surface area contributed by atoms with Crippen LogP contribution in [0.4, 0.5) is 0 Å². The molecule has 0 radical (unpaired) electrons. The monoisotopic (exact) mass is 403 g/mol. The highest BCUT2D eigenvalue weighted by atomic mass is 32.1. The molecule has 1 unspecified atom stereocenters. The van der Waals surface area contributed by atoms with E-state index >= 15 is 0 Å². The van der Waals surface area contributed by atoms with E-state index in [-0.39, 0.29) is 6.54 Å². The molecule has 0 saturated carbocycles. The molecule has 8 heteroatoms. The smallest absolute Gasteiger partial charge is 0.349 e. The van der Waals surface area contributed by atoms with Crippen LogP contribution in [0.25, 0.3) is 10.1 Å². The van der Waals surface area contributed by atoms with Gasteiger partial charge in [-0.15, -0.1) is 11.3 Å². The zero-order chi connectivity index (χ0) is 19.6. The van der Waals surface area contributed by atoms with Crippen molar-refractivity contribution in [3.63, 3.8) is 0 Å². The summed E-state index contributed by atoms with van der Waals surface area (Å²) in [5.41, 5.74) is 1.24. The third-order valence-corrected chi connectivity index (χ3v) is 5.77. The molecule has 1 spiro atoms. The molecule has 0 bridgehead atoms. The van der Waals surface area contributed by atoms with Gasteiger partial charge in [-0.1, -0.05) is 12.1 Å². The molecule has 4 rings (SSSR count). The number of aliphatic hydroxyl groups is 1. The number of benzene rings is 1. The van der Waals surface area contributed by atoms with Crippen molar-refractivity contribution in [3.8, 4) is 0 Å². The molecule has 2 aromatic rings. The zero-order valence-corrected chi connectivity index (χ0v) is 16.0. The van der Waals surface area contributed by atoms with Gasteiger partial charge in [0.15, 0.2) is 6.10 Å². The summed E-state index contributed by atoms with van der Waals surface area (Å²) in [7, 11) is 0. The average Bonchev–Trinajstić information content (AvgIpc) is 3.08. The van der Waals surface area contributed by atoms with Crippen molar-refractivity contribution in [2.24, 2.45) is 0 Å². The van der Waals surface area contributed by atoms with Crippen LogP contribution in [0.3, 0.4) is 0 Å². The number of hydrogen-bond donors (Lipinski definition) is 1. The number of hydrogen-bond acceptors (Lipinski definition) is 8. The molecule has 0 amide bonds. The van der Waals surface area contributed by atoms with E-state index in [9.17, 15) is 14.7 Å². The molecule has 1 fully saturated rings. The molecule has 1 saturated heterocycles. The third-order valence-electron chi connectivity index (χ3n) is 4.87. The lowest BCUT2D eigenvalue weighted by Gasteiger charge is -2.51. The first kappa shape index (κ1) is 19.1.